The van der Waals surface area contributed by atoms with Crippen LogP contribution in [0.5, 0.6) is 0 Å². The Hall–Kier alpha value is -1.71. The zero-order valence-corrected chi connectivity index (χ0v) is 16.8. The molecule has 0 atom stereocenters. The van der Waals surface area contributed by atoms with Crippen LogP contribution in [0.25, 0.3) is 0 Å². The maximum Gasteiger partial charge on any atom is 0.233 e. The maximum absolute atomic E-state index is 13.6. The van der Waals surface area contributed by atoms with Gasteiger partial charge in [-0.05, 0) is 42.7 Å². The molecule has 27 heavy (non-hydrogen) atoms. The van der Waals surface area contributed by atoms with Gasteiger partial charge in [-0.2, -0.15) is 0 Å². The van der Waals surface area contributed by atoms with Crippen LogP contribution < -0.4 is 4.90 Å². The van der Waals surface area contributed by atoms with Gasteiger partial charge >= 0.3 is 0 Å². The average molecular weight is 403 g/mol. The maximum atomic E-state index is 13.6. The fourth-order valence-electron chi connectivity index (χ4n) is 4.53. The van der Waals surface area contributed by atoms with Gasteiger partial charge in [0, 0.05) is 31.2 Å². The number of hydrogen-bond donors (Lipinski definition) is 0. The predicted octanol–water partition coefficient (Wildman–Crippen LogP) is 5.15. The summed E-state index contributed by atoms with van der Waals surface area (Å²) < 4.78 is 0. The number of hydrogen-bond acceptors (Lipinski definition) is 2. The highest BCUT2D eigenvalue weighted by Gasteiger charge is 2.45. The van der Waals surface area contributed by atoms with Gasteiger partial charge < -0.3 is 9.80 Å². The molecule has 3 nitrogen and oxygen atoms in total. The number of benzene rings is 2. The van der Waals surface area contributed by atoms with E-state index in [2.05, 4.69) is 4.90 Å². The van der Waals surface area contributed by atoms with Crippen molar-refractivity contribution >= 4 is 34.8 Å². The van der Waals surface area contributed by atoms with E-state index in [1.54, 1.807) is 0 Å². The first-order chi connectivity index (χ1) is 13.1. The van der Waals surface area contributed by atoms with E-state index in [1.165, 1.54) is 0 Å². The summed E-state index contributed by atoms with van der Waals surface area (Å²) in [6, 6.07) is 15.8. The summed E-state index contributed by atoms with van der Waals surface area (Å²) in [5.74, 6) is 0.279. The van der Waals surface area contributed by atoms with E-state index >= 15 is 0 Å². The third-order valence-corrected chi connectivity index (χ3v) is 6.59. The Morgan fingerprint density at radius 1 is 0.852 bits per heavy atom. The van der Waals surface area contributed by atoms with Crippen LogP contribution in [0.2, 0.25) is 10.0 Å². The summed E-state index contributed by atoms with van der Waals surface area (Å²) in [5, 5.41) is 1.48. The molecule has 1 aliphatic heterocycles. The zero-order chi connectivity index (χ0) is 18.9. The third kappa shape index (κ3) is 3.55. The molecule has 0 N–H and O–H groups in total. The lowest BCUT2D eigenvalue weighted by Crippen LogP contribution is -2.54. The minimum atomic E-state index is -0.378. The summed E-state index contributed by atoms with van der Waals surface area (Å²) >= 11 is 12.4. The normalized spacial score (nSPS) is 19.3. The molecule has 0 unspecified atom stereocenters. The number of halogens is 2. The molecule has 0 bridgehead atoms. The second-order valence-electron chi connectivity index (χ2n) is 7.53. The fraction of sp³-hybridized carbons (Fsp3) is 0.409. The smallest absolute Gasteiger partial charge is 0.233 e. The summed E-state index contributed by atoms with van der Waals surface area (Å²) in [6.45, 7) is 3.09. The lowest BCUT2D eigenvalue weighted by Gasteiger charge is -2.41. The SMILES string of the molecule is O=C(N1CCN(c2ccccc2Cl)CC1)C1(c2ccc(Cl)cc2)CCCC1. The molecule has 142 valence electrons. The van der Waals surface area contributed by atoms with Gasteiger partial charge in [-0.3, -0.25) is 4.79 Å². The molecule has 1 saturated heterocycles. The van der Waals surface area contributed by atoms with Crippen LogP contribution in [0.3, 0.4) is 0 Å². The van der Waals surface area contributed by atoms with Crippen LogP contribution >= 0.6 is 23.2 Å². The van der Waals surface area contributed by atoms with Crippen molar-refractivity contribution in [1.82, 2.24) is 4.90 Å². The van der Waals surface area contributed by atoms with Crippen LogP contribution in [0, 0.1) is 0 Å². The fourth-order valence-corrected chi connectivity index (χ4v) is 4.92. The predicted molar refractivity (Wildman–Crippen MR) is 112 cm³/mol. The van der Waals surface area contributed by atoms with E-state index in [1.807, 2.05) is 53.4 Å². The van der Waals surface area contributed by atoms with E-state index in [4.69, 9.17) is 23.2 Å². The lowest BCUT2D eigenvalue weighted by atomic mass is 9.77. The summed E-state index contributed by atoms with van der Waals surface area (Å²) in [7, 11) is 0. The van der Waals surface area contributed by atoms with Gasteiger partial charge in [0.05, 0.1) is 16.1 Å². The Bertz CT molecular complexity index is 807. The van der Waals surface area contributed by atoms with Crippen molar-refractivity contribution in [3.8, 4) is 0 Å². The highest BCUT2D eigenvalue weighted by atomic mass is 35.5. The molecule has 2 aliphatic rings. The Labute approximate surface area is 170 Å². The van der Waals surface area contributed by atoms with E-state index in [-0.39, 0.29) is 11.3 Å². The summed E-state index contributed by atoms with van der Waals surface area (Å²) in [4.78, 5) is 17.9. The van der Waals surface area contributed by atoms with Crippen LogP contribution in [0.15, 0.2) is 48.5 Å². The Balaban J connectivity index is 1.51. The molecule has 1 amide bonds. The van der Waals surface area contributed by atoms with Gasteiger partial charge in [0.15, 0.2) is 0 Å². The number of para-hydroxylation sites is 1. The van der Waals surface area contributed by atoms with Gasteiger partial charge in [-0.15, -0.1) is 0 Å². The number of piperazine rings is 1. The summed E-state index contributed by atoms with van der Waals surface area (Å²) in [5.41, 5.74) is 1.79. The van der Waals surface area contributed by atoms with Crippen LogP contribution in [-0.2, 0) is 10.2 Å². The van der Waals surface area contributed by atoms with Crippen molar-refractivity contribution in [3.63, 3.8) is 0 Å². The van der Waals surface area contributed by atoms with Crippen molar-refractivity contribution < 1.29 is 4.79 Å². The molecule has 0 aromatic heterocycles. The number of rotatable bonds is 3. The first kappa shape index (κ1) is 18.6. The Morgan fingerprint density at radius 2 is 1.48 bits per heavy atom. The number of anilines is 1. The standard InChI is InChI=1S/C22H24Cl2N2O/c23-18-9-7-17(8-10-18)22(11-3-4-12-22)21(27)26-15-13-25(14-16-26)20-6-2-1-5-19(20)24/h1-2,5-10H,3-4,11-16H2. The molecule has 1 aliphatic carbocycles. The van der Waals surface area contributed by atoms with Crippen molar-refractivity contribution in [3.05, 3.63) is 64.1 Å². The lowest BCUT2D eigenvalue weighted by molar-refractivity contribution is -0.137. The molecule has 2 fully saturated rings. The molecule has 0 spiro atoms. The molecule has 2 aromatic carbocycles. The highest BCUT2D eigenvalue weighted by Crippen LogP contribution is 2.43. The van der Waals surface area contributed by atoms with Gasteiger partial charge in [-0.1, -0.05) is 60.3 Å². The molecular weight excluding hydrogens is 379 g/mol. The molecule has 4 rings (SSSR count). The quantitative estimate of drug-likeness (QED) is 0.707. The summed E-state index contributed by atoms with van der Waals surface area (Å²) in [6.07, 6.45) is 4.07. The number of nitrogens with zero attached hydrogens (tertiary/aromatic N) is 2. The van der Waals surface area contributed by atoms with Crippen molar-refractivity contribution in [1.29, 1.82) is 0 Å². The van der Waals surface area contributed by atoms with Gasteiger partial charge in [-0.25, -0.2) is 0 Å². The highest BCUT2D eigenvalue weighted by molar-refractivity contribution is 6.33. The largest absolute Gasteiger partial charge is 0.367 e. The second-order valence-corrected chi connectivity index (χ2v) is 8.37. The van der Waals surface area contributed by atoms with Crippen molar-refractivity contribution in [2.75, 3.05) is 31.1 Å². The third-order valence-electron chi connectivity index (χ3n) is 6.02. The minimum Gasteiger partial charge on any atom is -0.367 e. The van der Waals surface area contributed by atoms with Crippen LogP contribution in [0.4, 0.5) is 5.69 Å². The minimum absolute atomic E-state index is 0.279. The first-order valence-electron chi connectivity index (χ1n) is 9.65. The molecular formula is C22H24Cl2N2O. The number of carbonyl (C=O) groups is 1. The van der Waals surface area contributed by atoms with E-state index in [0.717, 1.165) is 68.1 Å². The average Bonchev–Trinajstić information content (AvgIpc) is 3.20. The molecule has 5 heteroatoms. The second kappa shape index (κ2) is 7.73. The molecule has 1 saturated carbocycles. The van der Waals surface area contributed by atoms with Crippen LogP contribution in [-0.4, -0.2) is 37.0 Å². The van der Waals surface area contributed by atoms with Gasteiger partial charge in [0.25, 0.3) is 0 Å². The molecule has 2 aromatic rings. The van der Waals surface area contributed by atoms with Crippen LogP contribution in [0.1, 0.15) is 31.2 Å². The van der Waals surface area contributed by atoms with E-state index < -0.39 is 0 Å². The van der Waals surface area contributed by atoms with Crippen molar-refractivity contribution in [2.45, 2.75) is 31.1 Å². The van der Waals surface area contributed by atoms with Gasteiger partial charge in [0.1, 0.15) is 0 Å². The Kier molecular flexibility index (Phi) is 5.34. The van der Waals surface area contributed by atoms with Crippen molar-refractivity contribution in [2.24, 2.45) is 0 Å². The number of amides is 1. The molecule has 1 heterocycles. The topological polar surface area (TPSA) is 23.6 Å². The zero-order valence-electron chi connectivity index (χ0n) is 15.3. The monoisotopic (exact) mass is 402 g/mol. The first-order valence-corrected chi connectivity index (χ1v) is 10.4. The van der Waals surface area contributed by atoms with E-state index in [0.29, 0.717) is 5.02 Å². The molecule has 0 radical (unpaired) electrons. The number of carbonyl (C=O) groups excluding carboxylic acids is 1. The van der Waals surface area contributed by atoms with E-state index in [9.17, 15) is 4.79 Å². The Morgan fingerprint density at radius 3 is 2.11 bits per heavy atom. The van der Waals surface area contributed by atoms with Gasteiger partial charge in [0.2, 0.25) is 5.91 Å².